The van der Waals surface area contributed by atoms with Gasteiger partial charge in [-0.2, -0.15) is 0 Å². The summed E-state index contributed by atoms with van der Waals surface area (Å²) < 4.78 is 94.3. The van der Waals surface area contributed by atoms with Gasteiger partial charge in [-0.3, -0.25) is 0 Å². The largest absolute Gasteiger partial charge is 3.00 e. The first kappa shape index (κ1) is 37.0. The molecule has 0 spiro atoms. The molecule has 0 atom stereocenters. The van der Waals surface area contributed by atoms with Crippen LogP contribution in [0.4, 0.5) is 0 Å². The third kappa shape index (κ3) is 12.8. The minimum absolute atomic E-state index is 0. The molecule has 0 heterocycles. The molecule has 0 fully saturated rings. The fraction of sp³-hybridized carbons (Fsp3) is 0. The summed E-state index contributed by atoms with van der Waals surface area (Å²) in [5.74, 6) is 0. The van der Waals surface area contributed by atoms with Gasteiger partial charge in [0.25, 0.3) is 0 Å². The van der Waals surface area contributed by atoms with Crippen molar-refractivity contribution in [3.8, 4) is 0 Å². The Labute approximate surface area is 261 Å². The Morgan fingerprint density at radius 2 is 0.622 bits per heavy atom. The van der Waals surface area contributed by atoms with Crippen LogP contribution in [0.3, 0.4) is 0 Å². The van der Waals surface area contributed by atoms with Crippen LogP contribution in [0.15, 0.2) is 69.3 Å². The van der Waals surface area contributed by atoms with E-state index in [-0.39, 0.29) is 56.0 Å². The van der Waals surface area contributed by atoms with Gasteiger partial charge in [0.05, 0.1) is 29.8 Å². The molecule has 0 aromatic heterocycles. The zero-order valence-electron chi connectivity index (χ0n) is 17.4. The van der Waals surface area contributed by atoms with Crippen molar-refractivity contribution in [3.05, 3.63) is 84.7 Å². The summed E-state index contributed by atoms with van der Waals surface area (Å²) in [7, 11) is -13.5. The zero-order chi connectivity index (χ0) is 28.1. The molecular formula is C18H9Cl6InO9S3. The van der Waals surface area contributed by atoms with Gasteiger partial charge in [0.1, 0.15) is 30.4 Å². The van der Waals surface area contributed by atoms with Gasteiger partial charge in [-0.05, 0) is 54.6 Å². The van der Waals surface area contributed by atoms with E-state index in [4.69, 9.17) is 69.6 Å². The van der Waals surface area contributed by atoms with Crippen molar-refractivity contribution in [2.24, 2.45) is 0 Å². The molecule has 9 nitrogen and oxygen atoms in total. The van der Waals surface area contributed by atoms with Gasteiger partial charge in [-0.25, -0.2) is 25.3 Å². The van der Waals surface area contributed by atoms with Crippen molar-refractivity contribution in [3.63, 3.8) is 0 Å². The van der Waals surface area contributed by atoms with Crippen LogP contribution in [0.1, 0.15) is 0 Å². The molecule has 198 valence electrons. The van der Waals surface area contributed by atoms with Gasteiger partial charge >= 0.3 is 25.8 Å². The average Bonchev–Trinajstić information content (AvgIpc) is 2.65. The Balaban J connectivity index is 0.000000518. The van der Waals surface area contributed by atoms with Gasteiger partial charge in [0.15, 0.2) is 0 Å². The van der Waals surface area contributed by atoms with E-state index >= 15 is 0 Å². The van der Waals surface area contributed by atoms with E-state index in [1.807, 2.05) is 0 Å². The van der Waals surface area contributed by atoms with Gasteiger partial charge in [0, 0.05) is 15.1 Å². The topological polar surface area (TPSA) is 172 Å². The predicted octanol–water partition coefficient (Wildman–Crippen LogP) is 5.31. The normalized spacial score (nSPS) is 11.3. The summed E-state index contributed by atoms with van der Waals surface area (Å²) in [6.07, 6.45) is 0. The molecule has 0 amide bonds. The van der Waals surface area contributed by atoms with E-state index in [1.54, 1.807) is 0 Å². The van der Waals surface area contributed by atoms with E-state index in [0.29, 0.717) is 0 Å². The van der Waals surface area contributed by atoms with E-state index < -0.39 is 45.0 Å². The molecule has 3 aromatic carbocycles. The van der Waals surface area contributed by atoms with Crippen LogP contribution in [0.25, 0.3) is 0 Å². The molecule has 0 aliphatic heterocycles. The zero-order valence-corrected chi connectivity index (χ0v) is 27.7. The van der Waals surface area contributed by atoms with Crippen molar-refractivity contribution < 1.29 is 38.9 Å². The minimum atomic E-state index is -4.49. The van der Waals surface area contributed by atoms with Crippen LogP contribution in [-0.4, -0.2) is 64.8 Å². The second-order valence-electron chi connectivity index (χ2n) is 6.09. The summed E-state index contributed by atoms with van der Waals surface area (Å²) >= 11 is 32.8. The quantitative estimate of drug-likeness (QED) is 0.319. The molecule has 0 radical (unpaired) electrons. The number of rotatable bonds is 3. The Hall–Kier alpha value is 0.000130. The van der Waals surface area contributed by atoms with Crippen LogP contribution in [0.5, 0.6) is 0 Å². The summed E-state index contributed by atoms with van der Waals surface area (Å²) in [5.41, 5.74) is 0. The first-order valence-electron chi connectivity index (χ1n) is 8.46. The molecule has 3 rings (SSSR count). The number of hydrogen-bond donors (Lipinski definition) is 0. The summed E-state index contributed by atoms with van der Waals surface area (Å²) in [5, 5.41) is 0.389. The monoisotopic (exact) mass is 790 g/mol. The maximum absolute atomic E-state index is 10.5. The van der Waals surface area contributed by atoms with E-state index in [0.717, 1.165) is 18.2 Å². The standard InChI is InChI=1S/3C6H4Cl2O3S.In/c3*7-4-1-2-6(5(8)3-4)12(9,10)11;/h3*1-3H,(H,9,10,11);/q;;;+3/p-3. The molecule has 0 saturated carbocycles. The first-order chi connectivity index (χ1) is 16.2. The van der Waals surface area contributed by atoms with Crippen molar-refractivity contribution in [2.75, 3.05) is 0 Å². The van der Waals surface area contributed by atoms with Crippen molar-refractivity contribution in [2.45, 2.75) is 14.7 Å². The van der Waals surface area contributed by atoms with Crippen molar-refractivity contribution in [1.29, 1.82) is 0 Å². The smallest absolute Gasteiger partial charge is 0.744 e. The maximum Gasteiger partial charge on any atom is 3.00 e. The Morgan fingerprint density at radius 1 is 0.432 bits per heavy atom. The molecule has 0 aliphatic carbocycles. The van der Waals surface area contributed by atoms with Gasteiger partial charge in [-0.15, -0.1) is 0 Å². The average molecular weight is 793 g/mol. The third-order valence-corrected chi connectivity index (χ3v) is 8.15. The van der Waals surface area contributed by atoms with Crippen LogP contribution in [0, 0.1) is 0 Å². The third-order valence-electron chi connectivity index (χ3n) is 3.49. The van der Waals surface area contributed by atoms with Crippen molar-refractivity contribution in [1.82, 2.24) is 0 Å². The molecule has 0 aliphatic rings. The summed E-state index contributed by atoms with van der Waals surface area (Å²) in [4.78, 5) is -1.35. The number of hydrogen-bond acceptors (Lipinski definition) is 9. The molecule has 19 heteroatoms. The fourth-order valence-corrected chi connectivity index (χ4v) is 5.71. The Morgan fingerprint density at radius 3 is 0.757 bits per heavy atom. The second-order valence-corrected chi connectivity index (χ2v) is 12.7. The fourth-order valence-electron chi connectivity index (χ4n) is 2.03. The maximum atomic E-state index is 10.5. The van der Waals surface area contributed by atoms with Gasteiger partial charge in [-0.1, -0.05) is 69.6 Å². The molecule has 3 aromatic rings. The molecule has 0 bridgehead atoms. The number of benzene rings is 3. The van der Waals surface area contributed by atoms with Crippen LogP contribution >= 0.6 is 69.6 Å². The summed E-state index contributed by atoms with van der Waals surface area (Å²) in [6.45, 7) is 0. The Kier molecular flexibility index (Phi) is 15.1. The molecular weight excluding hydrogens is 784 g/mol. The van der Waals surface area contributed by atoms with Gasteiger partial charge in [0.2, 0.25) is 0 Å². The minimum Gasteiger partial charge on any atom is -0.744 e. The molecule has 0 unspecified atom stereocenters. The van der Waals surface area contributed by atoms with Crippen LogP contribution < -0.4 is 0 Å². The first-order valence-corrected chi connectivity index (χ1v) is 15.0. The molecule has 37 heavy (non-hydrogen) atoms. The molecule has 0 saturated heterocycles. The molecule has 0 N–H and O–H groups in total. The summed E-state index contributed by atoms with van der Waals surface area (Å²) in [6, 6.07) is 10.7. The SMILES string of the molecule is O=S(=O)([O-])c1ccc(Cl)cc1Cl.O=S(=O)([O-])c1ccc(Cl)cc1Cl.O=S(=O)([O-])c1ccc(Cl)cc1Cl.[In+3]. The predicted molar refractivity (Wildman–Crippen MR) is 139 cm³/mol. The van der Waals surface area contributed by atoms with E-state index in [2.05, 4.69) is 0 Å². The van der Waals surface area contributed by atoms with Crippen LogP contribution in [0.2, 0.25) is 30.1 Å². The van der Waals surface area contributed by atoms with Gasteiger partial charge < -0.3 is 13.7 Å². The Bertz CT molecular complexity index is 1390. The van der Waals surface area contributed by atoms with E-state index in [9.17, 15) is 38.9 Å². The van der Waals surface area contributed by atoms with Crippen LogP contribution in [-0.2, 0) is 30.4 Å². The van der Waals surface area contributed by atoms with Crippen molar-refractivity contribution >= 4 is 126 Å². The second kappa shape index (κ2) is 15.1. The number of halogens is 6. The van der Waals surface area contributed by atoms with E-state index in [1.165, 1.54) is 36.4 Å².